The van der Waals surface area contributed by atoms with Gasteiger partial charge in [0.1, 0.15) is 0 Å². The number of unbranched alkanes of at least 4 members (excludes halogenated alkanes) is 3. The van der Waals surface area contributed by atoms with Crippen molar-refractivity contribution in [2.75, 3.05) is 25.7 Å². The molecule has 4 unspecified atom stereocenters. The van der Waals surface area contributed by atoms with Crippen LogP contribution in [0.1, 0.15) is 25.7 Å². The maximum absolute atomic E-state index is 11.2. The van der Waals surface area contributed by atoms with E-state index >= 15 is 0 Å². The Labute approximate surface area is 111 Å². The third-order valence-corrected chi connectivity index (χ3v) is 7.67. The second-order valence-corrected chi connectivity index (χ2v) is 9.93. The van der Waals surface area contributed by atoms with Crippen molar-refractivity contribution in [3.63, 3.8) is 0 Å². The fourth-order valence-electron chi connectivity index (χ4n) is 1.31. The Morgan fingerprint density at radius 2 is 1.00 bits per heavy atom. The maximum atomic E-state index is 11.2. The van der Waals surface area contributed by atoms with Gasteiger partial charge in [-0.25, -0.2) is 0 Å². The minimum Gasteiger partial charge on any atom is -0.296 e. The van der Waals surface area contributed by atoms with E-state index in [0.29, 0.717) is 12.3 Å². The van der Waals surface area contributed by atoms with E-state index in [9.17, 15) is 18.3 Å². The van der Waals surface area contributed by atoms with Gasteiger partial charge in [0.2, 0.25) is 0 Å². The van der Waals surface area contributed by atoms with Gasteiger partial charge >= 0.3 is 0 Å². The average molecular weight is 338 g/mol. The van der Waals surface area contributed by atoms with E-state index in [1.807, 2.05) is 0 Å². The van der Waals surface area contributed by atoms with Gasteiger partial charge < -0.3 is 0 Å². The largest absolute Gasteiger partial charge is 0.296 e. The minimum atomic E-state index is -2.14. The molecule has 0 aliphatic rings. The van der Waals surface area contributed by atoms with Gasteiger partial charge in [0.25, 0.3) is 0 Å². The zero-order valence-electron chi connectivity index (χ0n) is 10.7. The Kier molecular flexibility index (Phi) is 12.2. The van der Waals surface area contributed by atoms with Crippen LogP contribution in [0.5, 0.6) is 0 Å². The molecule has 0 radical (unpaired) electrons. The second kappa shape index (κ2) is 11.6. The Bertz CT molecular complexity index is 300. The van der Waals surface area contributed by atoms with Gasteiger partial charge in [-0.1, -0.05) is 12.8 Å². The van der Waals surface area contributed by atoms with Gasteiger partial charge in [-0.15, -0.1) is 0 Å². The van der Waals surface area contributed by atoms with Crippen LogP contribution < -0.4 is 0 Å². The first kappa shape index (κ1) is 18.8. The summed E-state index contributed by atoms with van der Waals surface area (Å²) in [4.78, 5) is 0. The molecule has 0 aromatic heterocycles. The number of hydrogen-bond donors (Lipinski definition) is 0. The van der Waals surface area contributed by atoms with Crippen molar-refractivity contribution in [1.29, 1.82) is 0 Å². The zero-order valence-corrected chi connectivity index (χ0v) is 14.7. The summed E-state index contributed by atoms with van der Waals surface area (Å²) in [6.07, 6.45) is 4.12. The van der Waals surface area contributed by atoms with Gasteiger partial charge in [-0.05, 0) is 12.8 Å². The van der Waals surface area contributed by atoms with E-state index in [4.69, 9.17) is 8.62 Å². The molecule has 6 nitrogen and oxygen atoms in total. The Morgan fingerprint density at radius 3 is 1.28 bits per heavy atom. The Morgan fingerprint density at radius 1 is 0.667 bits per heavy atom. The van der Waals surface area contributed by atoms with Crippen molar-refractivity contribution in [3.8, 4) is 0 Å². The van der Waals surface area contributed by atoms with Crippen LogP contribution >= 0.6 is 32.1 Å². The summed E-state index contributed by atoms with van der Waals surface area (Å²) >= 11 is 0. The molecule has 0 aliphatic carbocycles. The highest BCUT2D eigenvalue weighted by atomic mass is 31.2. The van der Waals surface area contributed by atoms with Crippen LogP contribution in [-0.2, 0) is 26.9 Å². The van der Waals surface area contributed by atoms with Crippen LogP contribution in [-0.4, -0.2) is 25.7 Å². The van der Waals surface area contributed by atoms with E-state index in [1.54, 1.807) is 0 Å². The highest BCUT2D eigenvalue weighted by molar-refractivity contribution is 7.52. The third-order valence-electron chi connectivity index (χ3n) is 2.03. The van der Waals surface area contributed by atoms with Crippen molar-refractivity contribution in [2.45, 2.75) is 25.7 Å². The summed E-state index contributed by atoms with van der Waals surface area (Å²) in [6.45, 7) is 2.84. The molecule has 0 saturated heterocycles. The van der Waals surface area contributed by atoms with E-state index < -0.39 is 32.1 Å². The summed E-state index contributed by atoms with van der Waals surface area (Å²) in [5.41, 5.74) is 0. The van der Waals surface area contributed by atoms with E-state index in [1.165, 1.54) is 13.3 Å². The van der Waals surface area contributed by atoms with Crippen molar-refractivity contribution < 1.29 is 26.9 Å². The predicted molar refractivity (Wildman–Crippen MR) is 78.2 cm³/mol. The third kappa shape index (κ3) is 13.3. The molecule has 0 rings (SSSR count). The van der Waals surface area contributed by atoms with E-state index in [2.05, 4.69) is 0 Å². The van der Waals surface area contributed by atoms with E-state index in [-0.39, 0.29) is 0 Å². The fraction of sp³-hybridized carbons (Fsp3) is 1.00. The predicted octanol–water partition coefficient (Wildman–Crippen LogP) is 3.74. The van der Waals surface area contributed by atoms with Crippen molar-refractivity contribution in [1.82, 2.24) is 0 Å². The van der Waals surface area contributed by atoms with Gasteiger partial charge in [0.05, 0.1) is 0 Å². The SMILES string of the molecule is C[PH](=O)O[PH](=O)CCCCCC[PH](=O)O[PH](C)=O. The summed E-state index contributed by atoms with van der Waals surface area (Å²) in [6, 6.07) is 0. The Balaban J connectivity index is 3.41. The normalized spacial score (nSPS) is 18.1. The highest BCUT2D eigenvalue weighted by Crippen LogP contribution is 2.37. The van der Waals surface area contributed by atoms with Gasteiger partial charge in [-0.2, -0.15) is 0 Å². The minimum absolute atomic E-state index is 0.448. The fourth-order valence-corrected chi connectivity index (χ4v) is 5.77. The molecule has 0 aliphatic heterocycles. The number of rotatable bonds is 11. The molecular formula is C8H22O6P4. The average Bonchev–Trinajstić information content (AvgIpc) is 2.20. The van der Waals surface area contributed by atoms with Crippen LogP contribution in [0.15, 0.2) is 0 Å². The Hall–Kier alpha value is 0.840. The lowest BCUT2D eigenvalue weighted by Crippen LogP contribution is -1.85. The lowest BCUT2D eigenvalue weighted by Gasteiger charge is -2.03. The summed E-state index contributed by atoms with van der Waals surface area (Å²) < 4.78 is 53.2. The smallest absolute Gasteiger partial charge is 0.197 e. The first-order valence-electron chi connectivity index (χ1n) is 5.84. The van der Waals surface area contributed by atoms with Gasteiger partial charge in [-0.3, -0.25) is 26.9 Å². The maximum Gasteiger partial charge on any atom is 0.197 e. The molecule has 0 bridgehead atoms. The molecule has 0 N–H and O–H groups in total. The molecular weight excluding hydrogens is 316 g/mol. The molecule has 10 heteroatoms. The molecule has 0 aromatic rings. The first-order valence-corrected chi connectivity index (χ1v) is 12.5. The molecule has 0 spiro atoms. The molecule has 0 aromatic carbocycles. The van der Waals surface area contributed by atoms with Crippen LogP contribution in [0, 0.1) is 0 Å². The zero-order chi connectivity index (χ0) is 14.0. The van der Waals surface area contributed by atoms with Crippen molar-refractivity contribution >= 4 is 32.1 Å². The van der Waals surface area contributed by atoms with Crippen LogP contribution in [0.25, 0.3) is 0 Å². The van der Waals surface area contributed by atoms with Crippen molar-refractivity contribution in [3.05, 3.63) is 0 Å². The molecule has 0 amide bonds. The quantitative estimate of drug-likeness (QED) is 0.421. The summed E-state index contributed by atoms with van der Waals surface area (Å²) in [5.74, 6) is 0. The van der Waals surface area contributed by atoms with Crippen LogP contribution in [0.3, 0.4) is 0 Å². The van der Waals surface area contributed by atoms with Gasteiger partial charge in [0, 0.05) is 25.7 Å². The summed E-state index contributed by atoms with van der Waals surface area (Å²) in [7, 11) is -8.49. The molecule has 0 saturated carbocycles. The standard InChI is InChI=1S/C8H22O6P4/c1-15(9)13-17(11)7-5-3-4-6-8-18(12)14-16(2)10/h15-18H,3-8H2,1-2H3. The lowest BCUT2D eigenvalue weighted by atomic mass is 10.2. The topological polar surface area (TPSA) is 86.7 Å². The summed E-state index contributed by atoms with van der Waals surface area (Å²) in [5, 5.41) is 0. The monoisotopic (exact) mass is 338 g/mol. The van der Waals surface area contributed by atoms with Crippen molar-refractivity contribution in [2.24, 2.45) is 0 Å². The second-order valence-electron chi connectivity index (χ2n) is 3.85. The van der Waals surface area contributed by atoms with Crippen LogP contribution in [0.2, 0.25) is 0 Å². The van der Waals surface area contributed by atoms with E-state index in [0.717, 1.165) is 25.7 Å². The molecule has 110 valence electrons. The molecule has 0 fully saturated rings. The highest BCUT2D eigenvalue weighted by Gasteiger charge is 2.03. The first-order chi connectivity index (χ1) is 8.41. The number of hydrogen-bond acceptors (Lipinski definition) is 6. The molecule has 0 heterocycles. The van der Waals surface area contributed by atoms with Crippen LogP contribution in [0.4, 0.5) is 0 Å². The molecule has 4 atom stereocenters. The van der Waals surface area contributed by atoms with Gasteiger partial charge in [0.15, 0.2) is 32.1 Å². The molecule has 18 heavy (non-hydrogen) atoms. The lowest BCUT2D eigenvalue weighted by molar-refractivity contribution is 0.485.